The third kappa shape index (κ3) is 3.75. The summed E-state index contributed by atoms with van der Waals surface area (Å²) < 4.78 is 10.2. The molecule has 6 heteroatoms. The molecule has 0 bridgehead atoms. The standard InChI is InChI=1S/C13H20N2O4/c1-4-8(16)7-15-13(17)10-5-9(18-2)6-11(19-3)12(10)14/h5-6,8,16H,4,7,14H2,1-3H3,(H,15,17). The number of methoxy groups -OCH3 is 2. The van der Waals surface area contributed by atoms with Gasteiger partial charge in [-0.05, 0) is 12.5 Å². The molecule has 6 nitrogen and oxygen atoms in total. The normalized spacial score (nSPS) is 11.8. The summed E-state index contributed by atoms with van der Waals surface area (Å²) in [4.78, 5) is 12.0. The zero-order chi connectivity index (χ0) is 14.4. The number of anilines is 1. The van der Waals surface area contributed by atoms with E-state index < -0.39 is 6.10 Å². The summed E-state index contributed by atoms with van der Waals surface area (Å²) in [6.07, 6.45) is -0.00493. The number of aliphatic hydroxyl groups is 1. The fraction of sp³-hybridized carbons (Fsp3) is 0.462. The fourth-order valence-electron chi connectivity index (χ4n) is 1.53. The second-order valence-corrected chi connectivity index (χ2v) is 4.06. The maximum absolute atomic E-state index is 12.0. The van der Waals surface area contributed by atoms with Crippen LogP contribution in [0.4, 0.5) is 5.69 Å². The number of amides is 1. The second-order valence-electron chi connectivity index (χ2n) is 4.06. The summed E-state index contributed by atoms with van der Waals surface area (Å²) in [5.41, 5.74) is 6.36. The van der Waals surface area contributed by atoms with E-state index in [0.717, 1.165) is 0 Å². The van der Waals surface area contributed by atoms with Crippen molar-refractivity contribution in [3.05, 3.63) is 17.7 Å². The maximum Gasteiger partial charge on any atom is 0.253 e. The lowest BCUT2D eigenvalue weighted by Crippen LogP contribution is -2.32. The number of aliphatic hydroxyl groups excluding tert-OH is 1. The summed E-state index contributed by atoms with van der Waals surface area (Å²) in [6, 6.07) is 3.14. The highest BCUT2D eigenvalue weighted by molar-refractivity contribution is 6.00. The van der Waals surface area contributed by atoms with Crippen LogP contribution in [-0.4, -0.2) is 37.9 Å². The highest BCUT2D eigenvalue weighted by atomic mass is 16.5. The molecule has 0 aliphatic rings. The van der Waals surface area contributed by atoms with Gasteiger partial charge in [-0.2, -0.15) is 0 Å². The number of ether oxygens (including phenoxy) is 2. The number of benzene rings is 1. The summed E-state index contributed by atoms with van der Waals surface area (Å²) in [7, 11) is 2.96. The van der Waals surface area contributed by atoms with E-state index in [9.17, 15) is 9.90 Å². The van der Waals surface area contributed by atoms with Gasteiger partial charge in [0.05, 0.1) is 31.6 Å². The number of carbonyl (C=O) groups is 1. The third-order valence-corrected chi connectivity index (χ3v) is 2.79. The molecule has 0 saturated carbocycles. The summed E-state index contributed by atoms with van der Waals surface area (Å²) in [5, 5.41) is 12.0. The SMILES string of the molecule is CCC(O)CNC(=O)c1cc(OC)cc(OC)c1N. The predicted octanol–water partition coefficient (Wildman–Crippen LogP) is 0.787. The monoisotopic (exact) mass is 268 g/mol. The van der Waals surface area contributed by atoms with E-state index >= 15 is 0 Å². The Balaban J connectivity index is 2.95. The Morgan fingerprint density at radius 3 is 2.63 bits per heavy atom. The fourth-order valence-corrected chi connectivity index (χ4v) is 1.53. The van der Waals surface area contributed by atoms with Gasteiger partial charge < -0.3 is 25.6 Å². The van der Waals surface area contributed by atoms with Crippen molar-refractivity contribution in [2.24, 2.45) is 0 Å². The lowest BCUT2D eigenvalue weighted by molar-refractivity contribution is 0.0914. The minimum atomic E-state index is -0.572. The van der Waals surface area contributed by atoms with Crippen molar-refractivity contribution < 1.29 is 19.4 Å². The van der Waals surface area contributed by atoms with Crippen molar-refractivity contribution >= 4 is 11.6 Å². The van der Waals surface area contributed by atoms with Crippen LogP contribution in [0.15, 0.2) is 12.1 Å². The number of hydrogen-bond acceptors (Lipinski definition) is 5. The van der Waals surface area contributed by atoms with Crippen LogP contribution in [0.1, 0.15) is 23.7 Å². The van der Waals surface area contributed by atoms with Crippen molar-refractivity contribution in [1.29, 1.82) is 0 Å². The number of rotatable bonds is 6. The van der Waals surface area contributed by atoms with Gasteiger partial charge in [0.2, 0.25) is 0 Å². The number of nitrogens with one attached hydrogen (secondary N) is 1. The molecule has 4 N–H and O–H groups in total. The first kappa shape index (κ1) is 15.1. The Morgan fingerprint density at radius 2 is 2.11 bits per heavy atom. The molecule has 0 spiro atoms. The van der Waals surface area contributed by atoms with Gasteiger partial charge in [-0.15, -0.1) is 0 Å². The number of nitrogens with two attached hydrogens (primary N) is 1. The van der Waals surface area contributed by atoms with Crippen molar-refractivity contribution in [1.82, 2.24) is 5.32 Å². The van der Waals surface area contributed by atoms with Crippen molar-refractivity contribution in [2.75, 3.05) is 26.5 Å². The van der Waals surface area contributed by atoms with Gasteiger partial charge in [0.15, 0.2) is 0 Å². The van der Waals surface area contributed by atoms with Crippen LogP contribution in [-0.2, 0) is 0 Å². The van der Waals surface area contributed by atoms with Crippen LogP contribution in [0, 0.1) is 0 Å². The molecule has 0 saturated heterocycles. The molecule has 0 aliphatic heterocycles. The molecular formula is C13H20N2O4. The molecule has 1 amide bonds. The van der Waals surface area contributed by atoms with Crippen LogP contribution < -0.4 is 20.5 Å². The van der Waals surface area contributed by atoms with Gasteiger partial charge >= 0.3 is 0 Å². The van der Waals surface area contributed by atoms with Gasteiger partial charge in [-0.1, -0.05) is 6.92 Å². The van der Waals surface area contributed by atoms with Gasteiger partial charge in [-0.25, -0.2) is 0 Å². The molecular weight excluding hydrogens is 248 g/mol. The summed E-state index contributed by atoms with van der Waals surface area (Å²) >= 11 is 0. The minimum absolute atomic E-state index is 0.175. The van der Waals surface area contributed by atoms with Crippen LogP contribution in [0.3, 0.4) is 0 Å². The Bertz CT molecular complexity index is 449. The molecule has 0 aromatic heterocycles. The van der Waals surface area contributed by atoms with E-state index in [4.69, 9.17) is 15.2 Å². The summed E-state index contributed by atoms with van der Waals surface area (Å²) in [5.74, 6) is 0.481. The molecule has 1 aromatic carbocycles. The molecule has 1 rings (SSSR count). The van der Waals surface area contributed by atoms with E-state index in [-0.39, 0.29) is 23.7 Å². The lowest BCUT2D eigenvalue weighted by atomic mass is 10.1. The Hall–Kier alpha value is -1.95. The van der Waals surface area contributed by atoms with Crippen molar-refractivity contribution in [3.8, 4) is 11.5 Å². The van der Waals surface area contributed by atoms with Crippen molar-refractivity contribution in [3.63, 3.8) is 0 Å². The average molecular weight is 268 g/mol. The molecule has 0 aliphatic carbocycles. The van der Waals surface area contributed by atoms with Gasteiger partial charge in [-0.3, -0.25) is 4.79 Å². The van der Waals surface area contributed by atoms with E-state index in [1.807, 2.05) is 6.92 Å². The third-order valence-electron chi connectivity index (χ3n) is 2.79. The van der Waals surface area contributed by atoms with Crippen LogP contribution in [0.5, 0.6) is 11.5 Å². The number of nitrogen functional groups attached to an aromatic ring is 1. The highest BCUT2D eigenvalue weighted by Gasteiger charge is 2.16. The van der Waals surface area contributed by atoms with E-state index in [0.29, 0.717) is 17.9 Å². The first-order chi connectivity index (χ1) is 9.03. The maximum atomic E-state index is 12.0. The smallest absolute Gasteiger partial charge is 0.253 e. The van der Waals surface area contributed by atoms with Crippen LogP contribution in [0.25, 0.3) is 0 Å². The zero-order valence-corrected chi connectivity index (χ0v) is 11.4. The Morgan fingerprint density at radius 1 is 1.42 bits per heavy atom. The van der Waals surface area contributed by atoms with Gasteiger partial charge in [0.1, 0.15) is 11.5 Å². The van der Waals surface area contributed by atoms with E-state index in [1.165, 1.54) is 20.3 Å². The lowest BCUT2D eigenvalue weighted by Gasteiger charge is -2.14. The predicted molar refractivity (Wildman–Crippen MR) is 72.6 cm³/mol. The van der Waals surface area contributed by atoms with Gasteiger partial charge in [0, 0.05) is 12.6 Å². The molecule has 1 aromatic rings. The molecule has 0 heterocycles. The Labute approximate surface area is 112 Å². The topological polar surface area (TPSA) is 93.8 Å². The second kappa shape index (κ2) is 6.84. The van der Waals surface area contributed by atoms with E-state index in [2.05, 4.69) is 5.32 Å². The summed E-state index contributed by atoms with van der Waals surface area (Å²) in [6.45, 7) is 2.01. The molecule has 0 fully saturated rings. The first-order valence-corrected chi connectivity index (χ1v) is 6.01. The highest BCUT2D eigenvalue weighted by Crippen LogP contribution is 2.30. The van der Waals surface area contributed by atoms with Crippen molar-refractivity contribution in [2.45, 2.75) is 19.4 Å². The molecule has 106 valence electrons. The van der Waals surface area contributed by atoms with Gasteiger partial charge in [0.25, 0.3) is 5.91 Å². The quantitative estimate of drug-likeness (QED) is 0.663. The molecule has 1 unspecified atom stereocenters. The zero-order valence-electron chi connectivity index (χ0n) is 11.4. The van der Waals surface area contributed by atoms with E-state index in [1.54, 1.807) is 6.07 Å². The molecule has 19 heavy (non-hydrogen) atoms. The minimum Gasteiger partial charge on any atom is -0.497 e. The Kier molecular flexibility index (Phi) is 5.44. The number of hydrogen-bond donors (Lipinski definition) is 3. The largest absolute Gasteiger partial charge is 0.497 e. The molecule has 0 radical (unpaired) electrons. The van der Waals surface area contributed by atoms with Crippen LogP contribution in [0.2, 0.25) is 0 Å². The number of carbonyl (C=O) groups excluding carboxylic acids is 1. The average Bonchev–Trinajstić information content (AvgIpc) is 2.44. The van der Waals surface area contributed by atoms with Crippen LogP contribution >= 0.6 is 0 Å². The molecule has 1 atom stereocenters. The first-order valence-electron chi connectivity index (χ1n) is 6.01.